The van der Waals surface area contributed by atoms with E-state index in [0.717, 1.165) is 19.3 Å². The summed E-state index contributed by atoms with van der Waals surface area (Å²) in [6.45, 7) is 6.28. The van der Waals surface area contributed by atoms with Crippen LogP contribution in [0.1, 0.15) is 136 Å². The topological polar surface area (TPSA) is 159 Å². The Morgan fingerprint density at radius 2 is 1.44 bits per heavy atom. The summed E-state index contributed by atoms with van der Waals surface area (Å²) in [6.07, 6.45) is 20.7. The predicted octanol–water partition coefficient (Wildman–Crippen LogP) is 6.63. The Labute approximate surface area is 263 Å². The summed E-state index contributed by atoms with van der Waals surface area (Å²) in [5, 5.41) is 0. The van der Waals surface area contributed by atoms with Crippen molar-refractivity contribution in [3.05, 3.63) is 16.7 Å². The number of esters is 1. The first-order valence-electron chi connectivity index (χ1n) is 16.4. The van der Waals surface area contributed by atoms with E-state index < -0.39 is 17.7 Å². The third kappa shape index (κ3) is 15.2. The van der Waals surface area contributed by atoms with Crippen LogP contribution in [0.15, 0.2) is 11.1 Å². The molecule has 0 saturated heterocycles. The van der Waals surface area contributed by atoms with Crippen LogP contribution >= 0.6 is 12.4 Å². The zero-order chi connectivity index (χ0) is 30.7. The van der Waals surface area contributed by atoms with Crippen LogP contribution in [0.3, 0.4) is 0 Å². The molecule has 0 aliphatic heterocycles. The highest BCUT2D eigenvalue weighted by molar-refractivity contribution is 5.85. The minimum Gasteiger partial charge on any atom is -0.460 e. The SMILES string of the molecule is CCCCCCCCCCCCCCCCCC(=O)OC(CCC(=O)[C@@H](N)C(C)C)Cn1cnc2c(=O)[nH]c(N)nc21.Cl. The number of H-pyrrole nitrogens is 1. The number of aromatic amines is 1. The van der Waals surface area contributed by atoms with E-state index in [1.165, 1.54) is 83.4 Å². The number of aromatic nitrogens is 4. The van der Waals surface area contributed by atoms with Crippen molar-refractivity contribution < 1.29 is 14.3 Å². The molecule has 0 spiro atoms. The van der Waals surface area contributed by atoms with Gasteiger partial charge in [0.2, 0.25) is 5.95 Å². The van der Waals surface area contributed by atoms with Gasteiger partial charge in [-0.15, -0.1) is 12.4 Å². The van der Waals surface area contributed by atoms with Gasteiger partial charge in [-0.2, -0.15) is 4.98 Å². The average molecular weight is 625 g/mol. The van der Waals surface area contributed by atoms with E-state index in [2.05, 4.69) is 21.9 Å². The van der Waals surface area contributed by atoms with E-state index in [-0.39, 0.29) is 54.5 Å². The van der Waals surface area contributed by atoms with Gasteiger partial charge in [0.1, 0.15) is 11.9 Å². The second kappa shape index (κ2) is 22.1. The van der Waals surface area contributed by atoms with Crippen molar-refractivity contribution >= 4 is 41.3 Å². The number of nitrogens with zero attached hydrogens (tertiary/aromatic N) is 3. The van der Waals surface area contributed by atoms with Crippen molar-refractivity contribution in [2.24, 2.45) is 11.7 Å². The molecule has 1 unspecified atom stereocenters. The normalized spacial score (nSPS) is 12.8. The fourth-order valence-electron chi connectivity index (χ4n) is 5.24. The molecule has 0 bridgehead atoms. The first-order chi connectivity index (χ1) is 20.2. The zero-order valence-corrected chi connectivity index (χ0v) is 27.6. The van der Waals surface area contributed by atoms with Crippen LogP contribution in [0.4, 0.5) is 5.95 Å². The van der Waals surface area contributed by atoms with Gasteiger partial charge >= 0.3 is 5.97 Å². The van der Waals surface area contributed by atoms with Crippen molar-refractivity contribution in [2.75, 3.05) is 5.73 Å². The molecule has 11 heteroatoms. The van der Waals surface area contributed by atoms with Crippen LogP contribution in [0.2, 0.25) is 0 Å². The number of nitrogens with one attached hydrogen (secondary N) is 1. The molecule has 0 radical (unpaired) electrons. The number of nitrogen functional groups attached to an aromatic ring is 1. The molecule has 0 saturated carbocycles. The second-order valence-corrected chi connectivity index (χ2v) is 12.1. The number of hydrogen-bond acceptors (Lipinski definition) is 8. The second-order valence-electron chi connectivity index (χ2n) is 12.1. The molecule has 2 heterocycles. The first kappa shape index (κ1) is 38.6. The summed E-state index contributed by atoms with van der Waals surface area (Å²) >= 11 is 0. The number of anilines is 1. The van der Waals surface area contributed by atoms with Gasteiger partial charge in [-0.05, 0) is 18.8 Å². The summed E-state index contributed by atoms with van der Waals surface area (Å²) in [5.41, 5.74) is 11.8. The number of carbonyl (C=O) groups is 2. The number of halogens is 1. The summed E-state index contributed by atoms with van der Waals surface area (Å²) in [5.74, 6) is -0.345. The number of ketones is 1. The molecule has 0 amide bonds. The Bertz CT molecular complexity index is 1120. The fourth-order valence-corrected chi connectivity index (χ4v) is 5.24. The van der Waals surface area contributed by atoms with Crippen LogP contribution in [0, 0.1) is 5.92 Å². The molecular formula is C32H57ClN6O4. The van der Waals surface area contributed by atoms with E-state index in [1.54, 1.807) is 4.57 Å². The van der Waals surface area contributed by atoms with Gasteiger partial charge in [-0.1, -0.05) is 111 Å². The van der Waals surface area contributed by atoms with Crippen LogP contribution < -0.4 is 17.0 Å². The molecule has 0 aliphatic rings. The molecule has 2 atom stereocenters. The molecule has 0 fully saturated rings. The van der Waals surface area contributed by atoms with Crippen LogP contribution in [-0.2, 0) is 20.9 Å². The molecule has 43 heavy (non-hydrogen) atoms. The predicted molar refractivity (Wildman–Crippen MR) is 176 cm³/mol. The number of unbranched alkanes of at least 4 members (excludes halogenated alkanes) is 14. The minimum absolute atomic E-state index is 0. The summed E-state index contributed by atoms with van der Waals surface area (Å²) in [7, 11) is 0. The fraction of sp³-hybridized carbons (Fsp3) is 0.781. The molecule has 2 aromatic rings. The van der Waals surface area contributed by atoms with Crippen LogP contribution in [-0.4, -0.2) is 43.4 Å². The number of carbonyl (C=O) groups excluding carboxylic acids is 2. The summed E-state index contributed by atoms with van der Waals surface area (Å²) < 4.78 is 7.46. The maximum Gasteiger partial charge on any atom is 0.306 e. The van der Waals surface area contributed by atoms with Crippen LogP contribution in [0.25, 0.3) is 11.2 Å². The lowest BCUT2D eigenvalue weighted by Gasteiger charge is -2.20. The first-order valence-corrected chi connectivity index (χ1v) is 16.4. The molecule has 2 rings (SSSR count). The van der Waals surface area contributed by atoms with Crippen molar-refractivity contribution in [2.45, 2.75) is 155 Å². The van der Waals surface area contributed by atoms with Crippen molar-refractivity contribution in [3.8, 4) is 0 Å². The quantitative estimate of drug-likeness (QED) is 0.0866. The highest BCUT2D eigenvalue weighted by Gasteiger charge is 2.22. The monoisotopic (exact) mass is 624 g/mol. The summed E-state index contributed by atoms with van der Waals surface area (Å²) in [4.78, 5) is 48.2. The number of Topliss-reactive ketones (excluding diaryl/α,β-unsaturated/α-hetero) is 1. The maximum absolute atomic E-state index is 12.7. The summed E-state index contributed by atoms with van der Waals surface area (Å²) in [6, 6.07) is -0.559. The van der Waals surface area contributed by atoms with E-state index in [1.807, 2.05) is 13.8 Å². The van der Waals surface area contributed by atoms with Gasteiger partial charge in [-0.25, -0.2) is 4.98 Å². The van der Waals surface area contributed by atoms with Crippen molar-refractivity contribution in [1.29, 1.82) is 0 Å². The van der Waals surface area contributed by atoms with Gasteiger partial charge in [0.05, 0.1) is 18.9 Å². The largest absolute Gasteiger partial charge is 0.460 e. The van der Waals surface area contributed by atoms with E-state index in [4.69, 9.17) is 16.2 Å². The number of imidazole rings is 1. The standard InChI is InChI=1S/C32H56N6O4.ClH/c1-4-5-6-7-8-9-10-11-12-13-14-15-16-17-18-19-27(40)42-25(20-21-26(39)28(33)24(2)3)22-38-23-35-29-30(38)36-32(34)37-31(29)41;/h23-25,28H,4-22,33H2,1-3H3,(H3,34,36,37,41);1H/t25?,28-;/m0./s1. The molecule has 10 nitrogen and oxygen atoms in total. The highest BCUT2D eigenvalue weighted by Crippen LogP contribution is 2.17. The number of rotatable bonds is 24. The number of nitrogens with two attached hydrogens (primary N) is 2. The molecular weight excluding hydrogens is 568 g/mol. The number of hydrogen-bond donors (Lipinski definition) is 3. The lowest BCUT2D eigenvalue weighted by molar-refractivity contribution is -0.150. The molecule has 5 N–H and O–H groups in total. The Kier molecular flexibility index (Phi) is 19.8. The van der Waals surface area contributed by atoms with Gasteiger partial charge in [-0.3, -0.25) is 19.4 Å². The Morgan fingerprint density at radius 3 is 1.98 bits per heavy atom. The number of fused-ring (bicyclic) bond motifs is 1. The van der Waals surface area contributed by atoms with Crippen molar-refractivity contribution in [3.63, 3.8) is 0 Å². The van der Waals surface area contributed by atoms with E-state index in [9.17, 15) is 14.4 Å². The van der Waals surface area contributed by atoms with Gasteiger partial charge in [0, 0.05) is 12.8 Å². The Balaban J connectivity index is 0.00000924. The van der Waals surface area contributed by atoms with Crippen LogP contribution in [0.5, 0.6) is 0 Å². The van der Waals surface area contributed by atoms with Gasteiger partial charge in [0.25, 0.3) is 5.56 Å². The van der Waals surface area contributed by atoms with Gasteiger partial charge in [0.15, 0.2) is 11.2 Å². The number of ether oxygens (including phenoxy) is 1. The van der Waals surface area contributed by atoms with E-state index in [0.29, 0.717) is 18.5 Å². The smallest absolute Gasteiger partial charge is 0.306 e. The minimum atomic E-state index is -0.586. The lowest BCUT2D eigenvalue weighted by Crippen LogP contribution is -2.36. The molecule has 246 valence electrons. The molecule has 2 aromatic heterocycles. The maximum atomic E-state index is 12.7. The Hall–Kier alpha value is -2.46. The molecule has 0 aromatic carbocycles. The molecule has 0 aliphatic carbocycles. The third-order valence-corrected chi connectivity index (χ3v) is 7.98. The third-order valence-electron chi connectivity index (χ3n) is 7.98. The Morgan fingerprint density at radius 1 is 0.907 bits per heavy atom. The lowest BCUT2D eigenvalue weighted by atomic mass is 9.97. The van der Waals surface area contributed by atoms with Crippen molar-refractivity contribution in [1.82, 2.24) is 19.5 Å². The van der Waals surface area contributed by atoms with E-state index >= 15 is 0 Å². The highest BCUT2D eigenvalue weighted by atomic mass is 35.5. The van der Waals surface area contributed by atoms with Gasteiger partial charge < -0.3 is 20.8 Å². The zero-order valence-electron chi connectivity index (χ0n) is 26.8. The average Bonchev–Trinajstić information content (AvgIpc) is 3.35.